The Morgan fingerprint density at radius 2 is 1.50 bits per heavy atom. The van der Waals surface area contributed by atoms with Gasteiger partial charge in [0.2, 0.25) is 0 Å². The highest BCUT2D eigenvalue weighted by atomic mass is 127. The first-order chi connectivity index (χ1) is 3.70. The fourth-order valence-corrected chi connectivity index (χ4v) is 1.69. The Balaban J connectivity index is 2.39. The van der Waals surface area contributed by atoms with E-state index in [0.29, 0.717) is 0 Å². The molecule has 2 atom stereocenters. The first-order valence-corrected chi connectivity index (χ1v) is 4.78. The van der Waals surface area contributed by atoms with Gasteiger partial charge in [0.25, 0.3) is 0 Å². The maximum Gasteiger partial charge on any atom is 0.158 e. The van der Waals surface area contributed by atoms with Gasteiger partial charge in [0.15, 0.2) is 6.29 Å². The Labute approximate surface area is 75.6 Å². The Morgan fingerprint density at radius 1 is 1.12 bits per heavy atom. The molecule has 0 spiro atoms. The van der Waals surface area contributed by atoms with Crippen molar-refractivity contribution in [3.63, 3.8) is 0 Å². The Bertz CT molecular complexity index is 78.1. The lowest BCUT2D eigenvalue weighted by atomic mass is 10.8. The van der Waals surface area contributed by atoms with Gasteiger partial charge in [-0.1, -0.05) is 0 Å². The molecule has 1 aliphatic rings. The molecule has 0 bridgehead atoms. The number of alkyl halides is 2. The number of halogens is 2. The molecule has 0 aromatic rings. The van der Waals surface area contributed by atoms with Crippen LogP contribution < -0.4 is 0 Å². The summed E-state index contributed by atoms with van der Waals surface area (Å²) in [5, 5.41) is 0. The molecule has 0 aromatic carbocycles. The summed E-state index contributed by atoms with van der Waals surface area (Å²) in [5.74, 6) is 0. The lowest BCUT2D eigenvalue weighted by Crippen LogP contribution is -2.05. The molecule has 2 nitrogen and oxygen atoms in total. The van der Waals surface area contributed by atoms with Crippen LogP contribution in [0, 0.1) is 0 Å². The molecule has 48 valence electrons. The summed E-state index contributed by atoms with van der Waals surface area (Å²) >= 11 is 4.44. The highest BCUT2D eigenvalue weighted by molar-refractivity contribution is 14.1. The molecule has 0 amide bonds. The van der Waals surface area contributed by atoms with E-state index in [2.05, 4.69) is 45.2 Å². The molecule has 0 aliphatic carbocycles. The zero-order valence-electron chi connectivity index (χ0n) is 4.30. The van der Waals surface area contributed by atoms with Crippen LogP contribution in [0.25, 0.3) is 0 Å². The molecule has 2 unspecified atom stereocenters. The molecule has 1 fully saturated rings. The second-order valence-corrected chi connectivity index (χ2v) is 4.00. The zero-order valence-corrected chi connectivity index (χ0v) is 8.62. The fraction of sp³-hybridized carbons (Fsp3) is 1.00. The van der Waals surface area contributed by atoms with Gasteiger partial charge in [0.1, 0.15) is 8.22 Å². The summed E-state index contributed by atoms with van der Waals surface area (Å²) in [7, 11) is 0. The summed E-state index contributed by atoms with van der Waals surface area (Å²) in [6, 6.07) is 0. The van der Waals surface area contributed by atoms with Crippen molar-refractivity contribution in [3.05, 3.63) is 0 Å². The zero-order chi connectivity index (χ0) is 6.15. The smallest absolute Gasteiger partial charge is 0.158 e. The quantitative estimate of drug-likeness (QED) is 0.496. The van der Waals surface area contributed by atoms with Crippen molar-refractivity contribution in [1.82, 2.24) is 0 Å². The predicted octanol–water partition coefficient (Wildman–Crippen LogP) is 1.90. The standard InChI is InChI=1S/C4H6I2O2/c1-2-7-3(5)4(6)8-2/h2-4H,1H3. The molecule has 0 radical (unpaired) electrons. The van der Waals surface area contributed by atoms with Crippen molar-refractivity contribution >= 4 is 45.2 Å². The minimum absolute atomic E-state index is 0.0150. The molecular formula is C4H6I2O2. The fourth-order valence-electron chi connectivity index (χ4n) is 0.522. The molecule has 1 rings (SSSR count). The first-order valence-electron chi connectivity index (χ1n) is 2.29. The van der Waals surface area contributed by atoms with E-state index in [1.165, 1.54) is 0 Å². The predicted molar refractivity (Wildman–Crippen MR) is 47.2 cm³/mol. The molecule has 0 aromatic heterocycles. The summed E-state index contributed by atoms with van der Waals surface area (Å²) in [6.07, 6.45) is -0.0150. The molecule has 1 aliphatic heterocycles. The molecular weight excluding hydrogens is 334 g/mol. The number of hydrogen-bond acceptors (Lipinski definition) is 2. The van der Waals surface area contributed by atoms with Gasteiger partial charge in [-0.05, 0) is 52.1 Å². The minimum Gasteiger partial charge on any atom is -0.336 e. The second-order valence-electron chi connectivity index (χ2n) is 1.54. The third kappa shape index (κ3) is 1.68. The van der Waals surface area contributed by atoms with Crippen LogP contribution in [0.5, 0.6) is 0 Å². The van der Waals surface area contributed by atoms with Gasteiger partial charge in [0.05, 0.1) is 0 Å². The van der Waals surface area contributed by atoms with Crippen LogP contribution in [0.3, 0.4) is 0 Å². The van der Waals surface area contributed by atoms with Crippen LogP contribution in [0.2, 0.25) is 0 Å². The van der Waals surface area contributed by atoms with Crippen LogP contribution >= 0.6 is 45.2 Å². The number of ether oxygens (including phenoxy) is 2. The number of rotatable bonds is 0. The third-order valence-corrected chi connectivity index (χ3v) is 4.12. The van der Waals surface area contributed by atoms with Crippen molar-refractivity contribution in [1.29, 1.82) is 0 Å². The van der Waals surface area contributed by atoms with Gasteiger partial charge in [-0.15, -0.1) is 0 Å². The Morgan fingerprint density at radius 3 is 1.62 bits per heavy atom. The van der Waals surface area contributed by atoms with E-state index >= 15 is 0 Å². The average molecular weight is 340 g/mol. The highest BCUT2D eigenvalue weighted by Gasteiger charge is 2.28. The van der Waals surface area contributed by atoms with Crippen LogP contribution in [-0.2, 0) is 9.47 Å². The van der Waals surface area contributed by atoms with E-state index in [4.69, 9.17) is 9.47 Å². The van der Waals surface area contributed by atoms with Crippen molar-refractivity contribution < 1.29 is 9.47 Å². The van der Waals surface area contributed by atoms with Crippen LogP contribution in [-0.4, -0.2) is 14.5 Å². The largest absolute Gasteiger partial charge is 0.336 e. The van der Waals surface area contributed by atoms with E-state index in [-0.39, 0.29) is 14.5 Å². The maximum atomic E-state index is 5.23. The molecule has 1 heterocycles. The SMILES string of the molecule is CC1OC(I)C(I)O1. The molecule has 0 saturated carbocycles. The average Bonchev–Trinajstić information content (AvgIpc) is 1.85. The normalized spacial score (nSPS) is 47.6. The summed E-state index contributed by atoms with van der Waals surface area (Å²) in [6.45, 7) is 1.91. The van der Waals surface area contributed by atoms with Gasteiger partial charge >= 0.3 is 0 Å². The highest BCUT2D eigenvalue weighted by Crippen LogP contribution is 2.27. The van der Waals surface area contributed by atoms with Crippen molar-refractivity contribution in [2.75, 3.05) is 0 Å². The second kappa shape index (κ2) is 2.98. The molecule has 4 heteroatoms. The monoisotopic (exact) mass is 340 g/mol. The number of hydrogen-bond donors (Lipinski definition) is 0. The van der Waals surface area contributed by atoms with E-state index in [1.54, 1.807) is 0 Å². The lowest BCUT2D eigenvalue weighted by molar-refractivity contribution is -0.0299. The molecule has 0 N–H and O–H groups in total. The van der Waals surface area contributed by atoms with Crippen molar-refractivity contribution in [2.45, 2.75) is 21.4 Å². The molecule has 8 heavy (non-hydrogen) atoms. The van der Waals surface area contributed by atoms with Gasteiger partial charge in [0, 0.05) is 0 Å². The van der Waals surface area contributed by atoms with Crippen LogP contribution in [0.4, 0.5) is 0 Å². The Kier molecular flexibility index (Phi) is 2.79. The van der Waals surface area contributed by atoms with Gasteiger partial charge in [-0.25, -0.2) is 0 Å². The van der Waals surface area contributed by atoms with E-state index < -0.39 is 0 Å². The van der Waals surface area contributed by atoms with Crippen molar-refractivity contribution in [3.8, 4) is 0 Å². The van der Waals surface area contributed by atoms with E-state index in [0.717, 1.165) is 0 Å². The minimum atomic E-state index is -0.0150. The molecule has 1 saturated heterocycles. The van der Waals surface area contributed by atoms with E-state index in [9.17, 15) is 0 Å². The third-order valence-electron chi connectivity index (χ3n) is 0.849. The van der Waals surface area contributed by atoms with Crippen LogP contribution in [0.1, 0.15) is 6.92 Å². The maximum absolute atomic E-state index is 5.23. The topological polar surface area (TPSA) is 18.5 Å². The van der Waals surface area contributed by atoms with Gasteiger partial charge in [-0.2, -0.15) is 0 Å². The van der Waals surface area contributed by atoms with E-state index in [1.807, 2.05) is 6.92 Å². The van der Waals surface area contributed by atoms with Crippen molar-refractivity contribution in [2.24, 2.45) is 0 Å². The van der Waals surface area contributed by atoms with Gasteiger partial charge in [-0.3, -0.25) is 0 Å². The summed E-state index contributed by atoms with van der Waals surface area (Å²) < 4.78 is 10.9. The Hall–Kier alpha value is 1.38. The lowest BCUT2D eigenvalue weighted by Gasteiger charge is -1.98. The summed E-state index contributed by atoms with van der Waals surface area (Å²) in [5.41, 5.74) is 0. The van der Waals surface area contributed by atoms with Gasteiger partial charge < -0.3 is 9.47 Å². The van der Waals surface area contributed by atoms with Crippen LogP contribution in [0.15, 0.2) is 0 Å². The first kappa shape index (κ1) is 7.49. The summed E-state index contributed by atoms with van der Waals surface area (Å²) in [4.78, 5) is 0.